The average Bonchev–Trinajstić information content (AvgIpc) is 2.73. The number of carbonyl (C=O) groups is 1. The van der Waals surface area contributed by atoms with Crippen LogP contribution in [0.25, 0.3) is 0 Å². The Kier molecular flexibility index (Phi) is 8.11. The second-order valence-corrected chi connectivity index (χ2v) is 9.55. The number of nitrogens with zero attached hydrogens (tertiary/aromatic N) is 3. The van der Waals surface area contributed by atoms with Gasteiger partial charge in [0, 0.05) is 24.1 Å². The van der Waals surface area contributed by atoms with Crippen LogP contribution in [0.15, 0.2) is 59.1 Å². The van der Waals surface area contributed by atoms with Gasteiger partial charge in [0.1, 0.15) is 6.04 Å². The summed E-state index contributed by atoms with van der Waals surface area (Å²) in [6.07, 6.45) is 3.46. The Bertz CT molecular complexity index is 1030. The molecular weight excluding hydrogens is 438 g/mol. The van der Waals surface area contributed by atoms with Gasteiger partial charge < -0.3 is 16.6 Å². The van der Waals surface area contributed by atoms with Crippen molar-refractivity contribution in [3.8, 4) is 0 Å². The summed E-state index contributed by atoms with van der Waals surface area (Å²) >= 11 is 0. The number of hydrogen-bond acceptors (Lipinski definition) is 6. The Hall–Kier alpha value is -3.25. The summed E-state index contributed by atoms with van der Waals surface area (Å²) in [5, 5.41) is 21.9. The van der Waals surface area contributed by atoms with Gasteiger partial charge in [0.15, 0.2) is 5.96 Å². The minimum absolute atomic E-state index is 0.0908. The van der Waals surface area contributed by atoms with E-state index in [4.69, 9.17) is 11.5 Å². The van der Waals surface area contributed by atoms with Gasteiger partial charge in [-0.1, -0.05) is 48.1 Å². The van der Waals surface area contributed by atoms with Crippen LogP contribution in [0, 0.1) is 10.1 Å². The predicted octanol–water partition coefficient (Wildman–Crippen LogP) is 1.20. The second kappa shape index (κ2) is 10.4. The van der Waals surface area contributed by atoms with Crippen LogP contribution in [0.3, 0.4) is 0 Å². The smallest absolute Gasteiger partial charge is 0.354 e. The highest BCUT2D eigenvalue weighted by molar-refractivity contribution is 7.90. The zero-order chi connectivity index (χ0) is 23.9. The Morgan fingerprint density at radius 3 is 2.50 bits per heavy atom. The zero-order valence-corrected chi connectivity index (χ0v) is 18.4. The minimum atomic E-state index is -4.77. The molecule has 174 valence electrons. The van der Waals surface area contributed by atoms with Crippen molar-refractivity contribution in [1.82, 2.24) is 4.31 Å². The van der Waals surface area contributed by atoms with Crippen molar-refractivity contribution in [2.24, 2.45) is 16.5 Å². The first-order valence-electron chi connectivity index (χ1n) is 9.85. The van der Waals surface area contributed by atoms with Crippen LogP contribution in [0.1, 0.15) is 31.7 Å². The molecule has 1 aliphatic carbocycles. The fourth-order valence-corrected chi connectivity index (χ4v) is 5.32. The van der Waals surface area contributed by atoms with E-state index in [1.807, 2.05) is 0 Å². The molecule has 0 aliphatic heterocycles. The van der Waals surface area contributed by atoms with E-state index in [1.165, 1.54) is 12.2 Å². The molecule has 11 nitrogen and oxygen atoms in total. The van der Waals surface area contributed by atoms with E-state index in [2.05, 4.69) is 4.99 Å². The number of guanidine groups is 1. The maximum atomic E-state index is 13.7. The van der Waals surface area contributed by atoms with Gasteiger partial charge in [-0.05, 0) is 25.3 Å². The van der Waals surface area contributed by atoms with Crippen molar-refractivity contribution < 1.29 is 23.2 Å². The van der Waals surface area contributed by atoms with Gasteiger partial charge in [0.25, 0.3) is 10.0 Å². The van der Waals surface area contributed by atoms with E-state index in [-0.39, 0.29) is 31.9 Å². The molecule has 0 aromatic heterocycles. The van der Waals surface area contributed by atoms with Crippen molar-refractivity contribution >= 4 is 22.0 Å². The number of sulfonamides is 1. The largest absolute Gasteiger partial charge is 0.480 e. The number of nitro groups is 1. The molecule has 32 heavy (non-hydrogen) atoms. The molecule has 0 radical (unpaired) electrons. The standard InChI is InChI=1S/C20H27N5O6S/c1-15-9-11-20(12-10-15,25(28)29)32(30,31)24(14-16-6-3-2-4-7-16)17(18(26)27)8-5-13-23-19(21)22/h2-4,6-7,9-11,17H,5,8,12-14H2,1H3,(H,26,27)(H4,21,22,23). The Balaban J connectivity index is 2.53. The summed E-state index contributed by atoms with van der Waals surface area (Å²) in [7, 11) is -4.77. The third-order valence-electron chi connectivity index (χ3n) is 5.13. The van der Waals surface area contributed by atoms with E-state index >= 15 is 0 Å². The first kappa shape index (κ1) is 25.0. The molecule has 0 heterocycles. The van der Waals surface area contributed by atoms with Gasteiger partial charge in [-0.3, -0.25) is 19.9 Å². The fourth-order valence-electron chi connectivity index (χ4n) is 3.34. The quantitative estimate of drug-likeness (QED) is 0.143. The molecule has 5 N–H and O–H groups in total. The molecule has 0 fully saturated rings. The first-order valence-corrected chi connectivity index (χ1v) is 11.3. The number of aliphatic carboxylic acids is 1. The highest BCUT2D eigenvalue weighted by atomic mass is 32.2. The third-order valence-corrected chi connectivity index (χ3v) is 7.48. The summed E-state index contributed by atoms with van der Waals surface area (Å²) in [4.78, 5) is 24.6. The number of allylic oxidation sites excluding steroid dienone is 2. The van der Waals surface area contributed by atoms with Crippen LogP contribution in [-0.4, -0.2) is 52.1 Å². The van der Waals surface area contributed by atoms with Crippen LogP contribution in [-0.2, 0) is 21.4 Å². The van der Waals surface area contributed by atoms with Crippen molar-refractivity contribution in [3.05, 3.63) is 69.8 Å². The second-order valence-electron chi connectivity index (χ2n) is 7.43. The maximum absolute atomic E-state index is 13.7. The number of carboxylic acids is 1. The molecule has 0 amide bonds. The molecule has 2 rings (SSSR count). The van der Waals surface area contributed by atoms with Crippen molar-refractivity contribution in [3.63, 3.8) is 0 Å². The van der Waals surface area contributed by atoms with E-state index in [1.54, 1.807) is 37.3 Å². The van der Waals surface area contributed by atoms with Crippen molar-refractivity contribution in [2.45, 2.75) is 43.6 Å². The SMILES string of the molecule is CC1=CCC([N+](=O)[O-])(S(=O)(=O)N(Cc2ccccc2)C(CCCN=C(N)N)C(=O)O)C=C1. The molecule has 0 saturated carbocycles. The van der Waals surface area contributed by atoms with Crippen LogP contribution in [0.5, 0.6) is 0 Å². The lowest BCUT2D eigenvalue weighted by atomic mass is 10.0. The lowest BCUT2D eigenvalue weighted by Gasteiger charge is -2.33. The number of hydrogen-bond donors (Lipinski definition) is 3. The van der Waals surface area contributed by atoms with E-state index in [0.29, 0.717) is 15.4 Å². The predicted molar refractivity (Wildman–Crippen MR) is 119 cm³/mol. The zero-order valence-electron chi connectivity index (χ0n) is 17.6. The Labute approximate surface area is 186 Å². The monoisotopic (exact) mass is 465 g/mol. The highest BCUT2D eigenvalue weighted by Crippen LogP contribution is 2.35. The molecule has 0 bridgehead atoms. The number of benzene rings is 1. The van der Waals surface area contributed by atoms with Gasteiger partial charge in [-0.2, -0.15) is 4.31 Å². The highest BCUT2D eigenvalue weighted by Gasteiger charge is 2.58. The van der Waals surface area contributed by atoms with Gasteiger partial charge in [0.2, 0.25) is 0 Å². The van der Waals surface area contributed by atoms with Gasteiger partial charge >= 0.3 is 10.8 Å². The molecule has 12 heteroatoms. The molecule has 1 aliphatic rings. The van der Waals surface area contributed by atoms with Crippen LogP contribution >= 0.6 is 0 Å². The number of aliphatic imine (C=N–C) groups is 1. The van der Waals surface area contributed by atoms with E-state index < -0.39 is 38.2 Å². The first-order chi connectivity index (χ1) is 15.0. The summed E-state index contributed by atoms with van der Waals surface area (Å²) in [5.74, 6) is -1.59. The summed E-state index contributed by atoms with van der Waals surface area (Å²) < 4.78 is 28.1. The lowest BCUT2D eigenvalue weighted by molar-refractivity contribution is -0.526. The summed E-state index contributed by atoms with van der Waals surface area (Å²) in [5.41, 5.74) is 11.7. The molecule has 0 saturated heterocycles. The number of carboxylic acid groups (broad SMARTS) is 1. The van der Waals surface area contributed by atoms with Gasteiger partial charge in [0.05, 0.1) is 6.42 Å². The molecule has 0 spiro atoms. The molecule has 1 aromatic carbocycles. The molecule has 2 atom stereocenters. The minimum Gasteiger partial charge on any atom is -0.480 e. The van der Waals surface area contributed by atoms with Gasteiger partial charge in [-0.25, -0.2) is 8.42 Å². The van der Waals surface area contributed by atoms with Gasteiger partial charge in [-0.15, -0.1) is 0 Å². The van der Waals surface area contributed by atoms with Crippen molar-refractivity contribution in [1.29, 1.82) is 0 Å². The topological polar surface area (TPSA) is 182 Å². The molecule has 2 unspecified atom stereocenters. The van der Waals surface area contributed by atoms with Crippen LogP contribution < -0.4 is 11.5 Å². The summed E-state index contributed by atoms with van der Waals surface area (Å²) in [6.45, 7) is 1.44. The van der Waals surface area contributed by atoms with Crippen LogP contribution in [0.2, 0.25) is 0 Å². The average molecular weight is 466 g/mol. The lowest BCUT2D eigenvalue weighted by Crippen LogP contribution is -2.56. The van der Waals surface area contributed by atoms with Crippen molar-refractivity contribution in [2.75, 3.05) is 6.54 Å². The molecular formula is C20H27N5O6S. The fraction of sp³-hybridized carbons (Fsp3) is 0.400. The summed E-state index contributed by atoms with van der Waals surface area (Å²) in [6, 6.07) is 6.77. The maximum Gasteiger partial charge on any atom is 0.354 e. The number of rotatable bonds is 11. The van der Waals surface area contributed by atoms with E-state index in [0.717, 1.165) is 6.08 Å². The third kappa shape index (κ3) is 5.51. The molecule has 1 aromatic rings. The Morgan fingerprint density at radius 2 is 2.00 bits per heavy atom. The number of nitrogens with two attached hydrogens (primary N) is 2. The van der Waals surface area contributed by atoms with E-state index in [9.17, 15) is 28.4 Å². The Morgan fingerprint density at radius 1 is 1.34 bits per heavy atom. The van der Waals surface area contributed by atoms with Crippen LogP contribution in [0.4, 0.5) is 0 Å². The normalized spacial score (nSPS) is 19.2.